The fourth-order valence-electron chi connectivity index (χ4n) is 1.69. The normalized spacial score (nSPS) is 10.9. The largest absolute Gasteiger partial charge is 0.385 e. The van der Waals surface area contributed by atoms with Gasteiger partial charge in [0.1, 0.15) is 0 Å². The van der Waals surface area contributed by atoms with E-state index in [4.69, 9.17) is 4.74 Å². The van der Waals surface area contributed by atoms with Crippen molar-refractivity contribution < 1.29 is 4.74 Å². The number of ether oxygens (including phenoxy) is 1. The average molecular weight is 210 g/mol. The van der Waals surface area contributed by atoms with Gasteiger partial charge in [-0.05, 0) is 31.5 Å². The summed E-state index contributed by atoms with van der Waals surface area (Å²) >= 11 is 0. The SMILES string of the molecule is CCc1ccc(CNCCCOC)n1C. The molecule has 3 nitrogen and oxygen atoms in total. The molecule has 15 heavy (non-hydrogen) atoms. The lowest BCUT2D eigenvalue weighted by atomic mass is 10.3. The second-order valence-corrected chi connectivity index (χ2v) is 3.75. The van der Waals surface area contributed by atoms with Gasteiger partial charge in [0.2, 0.25) is 0 Å². The van der Waals surface area contributed by atoms with Gasteiger partial charge in [-0.3, -0.25) is 0 Å². The second kappa shape index (κ2) is 6.64. The number of hydrogen-bond acceptors (Lipinski definition) is 2. The van der Waals surface area contributed by atoms with Crippen LogP contribution < -0.4 is 5.32 Å². The third-order valence-corrected chi connectivity index (χ3v) is 2.70. The number of hydrogen-bond donors (Lipinski definition) is 1. The van der Waals surface area contributed by atoms with Crippen molar-refractivity contribution in [2.24, 2.45) is 7.05 Å². The highest BCUT2D eigenvalue weighted by molar-refractivity contribution is 5.15. The maximum atomic E-state index is 4.99. The molecule has 0 atom stereocenters. The van der Waals surface area contributed by atoms with Crippen molar-refractivity contribution in [2.75, 3.05) is 20.3 Å². The number of aryl methyl sites for hydroxylation is 1. The molecule has 0 unspecified atom stereocenters. The van der Waals surface area contributed by atoms with Gasteiger partial charge in [-0.1, -0.05) is 6.92 Å². The molecule has 1 N–H and O–H groups in total. The minimum absolute atomic E-state index is 0.834. The van der Waals surface area contributed by atoms with Crippen LogP contribution >= 0.6 is 0 Å². The summed E-state index contributed by atoms with van der Waals surface area (Å²) in [7, 11) is 3.87. The first-order valence-electron chi connectivity index (χ1n) is 5.62. The molecule has 0 saturated heterocycles. The van der Waals surface area contributed by atoms with E-state index in [2.05, 4.69) is 36.0 Å². The van der Waals surface area contributed by atoms with Crippen LogP contribution in [0.2, 0.25) is 0 Å². The lowest BCUT2D eigenvalue weighted by Gasteiger charge is -2.07. The number of nitrogens with zero attached hydrogens (tertiary/aromatic N) is 1. The van der Waals surface area contributed by atoms with Crippen molar-refractivity contribution >= 4 is 0 Å². The Morgan fingerprint density at radius 1 is 1.33 bits per heavy atom. The van der Waals surface area contributed by atoms with E-state index >= 15 is 0 Å². The maximum Gasteiger partial charge on any atom is 0.0474 e. The summed E-state index contributed by atoms with van der Waals surface area (Å²) in [6.45, 7) is 4.98. The summed E-state index contributed by atoms with van der Waals surface area (Å²) in [5, 5.41) is 3.41. The van der Waals surface area contributed by atoms with Crippen LogP contribution in [-0.4, -0.2) is 24.8 Å². The van der Waals surface area contributed by atoms with Crippen molar-refractivity contribution in [2.45, 2.75) is 26.3 Å². The lowest BCUT2D eigenvalue weighted by molar-refractivity contribution is 0.194. The Bertz CT molecular complexity index is 281. The maximum absolute atomic E-state index is 4.99. The fourth-order valence-corrected chi connectivity index (χ4v) is 1.69. The summed E-state index contributed by atoms with van der Waals surface area (Å²) in [5.74, 6) is 0. The van der Waals surface area contributed by atoms with Crippen LogP contribution in [0.1, 0.15) is 24.7 Å². The van der Waals surface area contributed by atoms with Crippen molar-refractivity contribution in [3.63, 3.8) is 0 Å². The first kappa shape index (κ1) is 12.3. The second-order valence-electron chi connectivity index (χ2n) is 3.75. The van der Waals surface area contributed by atoms with Gasteiger partial charge in [-0.25, -0.2) is 0 Å². The van der Waals surface area contributed by atoms with Gasteiger partial charge in [-0.15, -0.1) is 0 Å². The van der Waals surface area contributed by atoms with Crippen LogP contribution in [0.3, 0.4) is 0 Å². The highest BCUT2D eigenvalue weighted by Gasteiger charge is 2.01. The molecule has 1 aromatic heterocycles. The number of methoxy groups -OCH3 is 1. The van der Waals surface area contributed by atoms with E-state index in [0.717, 1.165) is 32.5 Å². The molecule has 1 aromatic rings. The molecule has 0 fully saturated rings. The summed E-state index contributed by atoms with van der Waals surface area (Å²) in [5.41, 5.74) is 2.74. The smallest absolute Gasteiger partial charge is 0.0474 e. The molecule has 1 rings (SSSR count). The van der Waals surface area contributed by atoms with Crippen LogP contribution in [0.5, 0.6) is 0 Å². The van der Waals surface area contributed by atoms with Crippen LogP contribution in [0.25, 0.3) is 0 Å². The van der Waals surface area contributed by atoms with Gasteiger partial charge in [0.15, 0.2) is 0 Å². The summed E-state index contributed by atoms with van der Waals surface area (Å²) in [4.78, 5) is 0. The van der Waals surface area contributed by atoms with Crippen LogP contribution in [0, 0.1) is 0 Å². The van der Waals surface area contributed by atoms with E-state index < -0.39 is 0 Å². The number of nitrogens with one attached hydrogen (secondary N) is 1. The molecule has 0 spiro atoms. The first-order valence-corrected chi connectivity index (χ1v) is 5.62. The molecular weight excluding hydrogens is 188 g/mol. The number of aromatic nitrogens is 1. The molecule has 0 aromatic carbocycles. The molecular formula is C12H22N2O. The molecule has 86 valence electrons. The third kappa shape index (κ3) is 3.68. The highest BCUT2D eigenvalue weighted by atomic mass is 16.5. The van der Waals surface area contributed by atoms with Crippen LogP contribution in [0.15, 0.2) is 12.1 Å². The first-order chi connectivity index (χ1) is 7.29. The fraction of sp³-hybridized carbons (Fsp3) is 0.667. The van der Waals surface area contributed by atoms with E-state index in [0.29, 0.717) is 0 Å². The van der Waals surface area contributed by atoms with Crippen molar-refractivity contribution in [1.82, 2.24) is 9.88 Å². The van der Waals surface area contributed by atoms with E-state index in [1.54, 1.807) is 7.11 Å². The van der Waals surface area contributed by atoms with Gasteiger partial charge in [-0.2, -0.15) is 0 Å². The number of rotatable bonds is 7. The summed E-state index contributed by atoms with van der Waals surface area (Å²) in [6, 6.07) is 4.40. The average Bonchev–Trinajstić information content (AvgIpc) is 2.60. The zero-order valence-electron chi connectivity index (χ0n) is 10.0. The Kier molecular flexibility index (Phi) is 5.43. The Balaban J connectivity index is 2.28. The predicted octanol–water partition coefficient (Wildman–Crippen LogP) is 1.71. The van der Waals surface area contributed by atoms with Crippen molar-refractivity contribution in [3.05, 3.63) is 23.5 Å². The molecule has 0 saturated carbocycles. The van der Waals surface area contributed by atoms with Gasteiger partial charge < -0.3 is 14.6 Å². The Labute approximate surface area is 92.4 Å². The Morgan fingerprint density at radius 3 is 2.67 bits per heavy atom. The van der Waals surface area contributed by atoms with E-state index in [9.17, 15) is 0 Å². The van der Waals surface area contributed by atoms with E-state index in [-0.39, 0.29) is 0 Å². The Morgan fingerprint density at radius 2 is 2.07 bits per heavy atom. The monoisotopic (exact) mass is 210 g/mol. The molecule has 0 radical (unpaired) electrons. The zero-order valence-corrected chi connectivity index (χ0v) is 10.0. The molecule has 0 amide bonds. The van der Waals surface area contributed by atoms with Gasteiger partial charge in [0.05, 0.1) is 0 Å². The molecule has 3 heteroatoms. The van der Waals surface area contributed by atoms with Crippen molar-refractivity contribution in [3.8, 4) is 0 Å². The molecule has 0 aliphatic heterocycles. The van der Waals surface area contributed by atoms with E-state index in [1.807, 2.05) is 0 Å². The Hall–Kier alpha value is -0.800. The van der Waals surface area contributed by atoms with E-state index in [1.165, 1.54) is 11.4 Å². The van der Waals surface area contributed by atoms with Gasteiger partial charge in [0, 0.05) is 38.7 Å². The minimum Gasteiger partial charge on any atom is -0.385 e. The van der Waals surface area contributed by atoms with Crippen molar-refractivity contribution in [1.29, 1.82) is 0 Å². The van der Waals surface area contributed by atoms with Gasteiger partial charge >= 0.3 is 0 Å². The minimum atomic E-state index is 0.834. The predicted molar refractivity (Wildman–Crippen MR) is 63.0 cm³/mol. The topological polar surface area (TPSA) is 26.2 Å². The van der Waals surface area contributed by atoms with Gasteiger partial charge in [0.25, 0.3) is 0 Å². The summed E-state index contributed by atoms with van der Waals surface area (Å²) < 4.78 is 7.26. The summed E-state index contributed by atoms with van der Waals surface area (Å²) in [6.07, 6.45) is 2.17. The third-order valence-electron chi connectivity index (χ3n) is 2.70. The molecule has 0 bridgehead atoms. The molecule has 0 aliphatic carbocycles. The zero-order chi connectivity index (χ0) is 11.1. The molecule has 0 aliphatic rings. The molecule has 1 heterocycles. The standard InChI is InChI=1S/C12H22N2O/c1-4-11-6-7-12(14(11)2)10-13-8-5-9-15-3/h6-7,13H,4-5,8-10H2,1-3H3. The van der Waals surface area contributed by atoms with Crippen LogP contribution in [-0.2, 0) is 24.8 Å². The quantitative estimate of drug-likeness (QED) is 0.693. The highest BCUT2D eigenvalue weighted by Crippen LogP contribution is 2.07. The lowest BCUT2D eigenvalue weighted by Crippen LogP contribution is -2.18. The van der Waals surface area contributed by atoms with Crippen LogP contribution in [0.4, 0.5) is 0 Å².